The largest absolute Gasteiger partial charge is 0.496 e. The maximum Gasteiger partial charge on any atom is 0.273 e. The van der Waals surface area contributed by atoms with E-state index in [-0.39, 0.29) is 5.69 Å². The van der Waals surface area contributed by atoms with Crippen molar-refractivity contribution in [3.05, 3.63) is 33.9 Å². The summed E-state index contributed by atoms with van der Waals surface area (Å²) in [6, 6.07) is 5.60. The quantitative estimate of drug-likeness (QED) is 0.446. The van der Waals surface area contributed by atoms with E-state index in [1.54, 1.807) is 6.07 Å². The summed E-state index contributed by atoms with van der Waals surface area (Å²) >= 11 is 0. The van der Waals surface area contributed by atoms with Crippen molar-refractivity contribution in [1.82, 2.24) is 10.2 Å². The van der Waals surface area contributed by atoms with Gasteiger partial charge >= 0.3 is 0 Å². The van der Waals surface area contributed by atoms with Gasteiger partial charge in [0, 0.05) is 31.7 Å². The molecule has 1 aliphatic carbocycles. The highest BCUT2D eigenvalue weighted by Gasteiger charge is 2.25. The first-order chi connectivity index (χ1) is 9.60. The number of likely N-dealkylation sites (N-methyl/N-ethyl adjacent to an activating group) is 1. The van der Waals surface area contributed by atoms with Crippen LogP contribution in [-0.2, 0) is 6.54 Å². The summed E-state index contributed by atoms with van der Waals surface area (Å²) < 4.78 is 5.09. The third-order valence-electron chi connectivity index (χ3n) is 3.54. The zero-order chi connectivity index (χ0) is 14.5. The summed E-state index contributed by atoms with van der Waals surface area (Å²) in [5.41, 5.74) is 0.932. The van der Waals surface area contributed by atoms with Gasteiger partial charge in [-0.2, -0.15) is 0 Å². The van der Waals surface area contributed by atoms with E-state index in [4.69, 9.17) is 4.74 Å². The molecule has 2 rings (SSSR count). The van der Waals surface area contributed by atoms with Gasteiger partial charge in [-0.15, -0.1) is 0 Å². The number of ether oxygens (including phenoxy) is 1. The predicted octanol–water partition coefficient (Wildman–Crippen LogP) is 1.79. The van der Waals surface area contributed by atoms with Gasteiger partial charge in [-0.25, -0.2) is 0 Å². The van der Waals surface area contributed by atoms with Crippen LogP contribution in [0.5, 0.6) is 5.75 Å². The number of benzene rings is 1. The third kappa shape index (κ3) is 4.18. The molecule has 0 spiro atoms. The van der Waals surface area contributed by atoms with Gasteiger partial charge in [0.25, 0.3) is 5.69 Å². The fraction of sp³-hybridized carbons (Fsp3) is 0.571. The molecule has 110 valence electrons. The molecule has 1 aromatic rings. The zero-order valence-electron chi connectivity index (χ0n) is 12.0. The molecule has 0 amide bonds. The van der Waals surface area contributed by atoms with Crippen LogP contribution >= 0.6 is 0 Å². The molecule has 0 radical (unpaired) electrons. The molecule has 1 aromatic carbocycles. The SMILES string of the molecule is COc1cc(CNCCN(C)C2CC2)cc([N+](=O)[O-])c1. The summed E-state index contributed by atoms with van der Waals surface area (Å²) in [6.07, 6.45) is 2.61. The molecule has 0 heterocycles. The lowest BCUT2D eigenvalue weighted by atomic mass is 10.2. The van der Waals surface area contributed by atoms with E-state index < -0.39 is 4.92 Å². The maximum atomic E-state index is 10.8. The van der Waals surface area contributed by atoms with Crippen molar-refractivity contribution < 1.29 is 9.66 Å². The van der Waals surface area contributed by atoms with Crippen molar-refractivity contribution in [2.24, 2.45) is 0 Å². The first kappa shape index (κ1) is 14.7. The van der Waals surface area contributed by atoms with E-state index in [0.29, 0.717) is 12.3 Å². The number of hydrogen-bond acceptors (Lipinski definition) is 5. The smallest absolute Gasteiger partial charge is 0.273 e. The van der Waals surface area contributed by atoms with E-state index in [9.17, 15) is 10.1 Å². The van der Waals surface area contributed by atoms with Crippen molar-refractivity contribution in [2.75, 3.05) is 27.2 Å². The van der Waals surface area contributed by atoms with Gasteiger partial charge in [0.05, 0.1) is 18.1 Å². The molecule has 1 saturated carbocycles. The minimum atomic E-state index is -0.396. The number of rotatable bonds is 8. The number of non-ortho nitro benzene ring substituents is 1. The summed E-state index contributed by atoms with van der Waals surface area (Å²) in [4.78, 5) is 12.8. The van der Waals surface area contributed by atoms with Crippen molar-refractivity contribution in [3.63, 3.8) is 0 Å². The summed E-state index contributed by atoms with van der Waals surface area (Å²) in [5.74, 6) is 0.520. The molecule has 0 aliphatic heterocycles. The molecule has 0 aromatic heterocycles. The van der Waals surface area contributed by atoms with Crippen LogP contribution < -0.4 is 10.1 Å². The van der Waals surface area contributed by atoms with Crippen molar-refractivity contribution >= 4 is 5.69 Å². The summed E-state index contributed by atoms with van der Waals surface area (Å²) in [5, 5.41) is 14.2. The van der Waals surface area contributed by atoms with Crippen LogP contribution in [0.15, 0.2) is 18.2 Å². The Morgan fingerprint density at radius 3 is 2.80 bits per heavy atom. The molecule has 0 unspecified atom stereocenters. The average Bonchev–Trinajstić information content (AvgIpc) is 3.27. The van der Waals surface area contributed by atoms with Crippen LogP contribution in [-0.4, -0.2) is 43.1 Å². The van der Waals surface area contributed by atoms with Crippen molar-refractivity contribution in [2.45, 2.75) is 25.4 Å². The van der Waals surface area contributed by atoms with Crippen LogP contribution in [0.25, 0.3) is 0 Å². The number of nitrogens with one attached hydrogen (secondary N) is 1. The Hall–Kier alpha value is -1.66. The Morgan fingerprint density at radius 2 is 2.20 bits per heavy atom. The van der Waals surface area contributed by atoms with Crippen LogP contribution in [0.3, 0.4) is 0 Å². The number of methoxy groups -OCH3 is 1. The second kappa shape index (κ2) is 6.67. The highest BCUT2D eigenvalue weighted by atomic mass is 16.6. The van der Waals surface area contributed by atoms with Crippen LogP contribution in [0.4, 0.5) is 5.69 Å². The topological polar surface area (TPSA) is 67.6 Å². The standard InChI is InChI=1S/C14H21N3O3/c1-16(12-3-4-12)6-5-15-10-11-7-13(17(18)19)9-14(8-11)20-2/h7-9,12,15H,3-6,10H2,1-2H3. The minimum absolute atomic E-state index is 0.0660. The van der Waals surface area contributed by atoms with Gasteiger partial charge in [-0.1, -0.05) is 0 Å². The molecule has 1 fully saturated rings. The highest BCUT2D eigenvalue weighted by molar-refractivity contribution is 5.42. The van der Waals surface area contributed by atoms with Gasteiger partial charge in [-0.05, 0) is 31.5 Å². The Balaban J connectivity index is 1.84. The van der Waals surface area contributed by atoms with E-state index in [0.717, 1.165) is 24.7 Å². The number of nitro groups is 1. The number of nitro benzene ring substituents is 1. The predicted molar refractivity (Wildman–Crippen MR) is 77.0 cm³/mol. The Morgan fingerprint density at radius 1 is 1.45 bits per heavy atom. The van der Waals surface area contributed by atoms with Crippen molar-refractivity contribution in [3.8, 4) is 5.75 Å². The molecule has 0 bridgehead atoms. The van der Waals surface area contributed by atoms with Gasteiger partial charge in [0.15, 0.2) is 0 Å². The first-order valence-electron chi connectivity index (χ1n) is 6.83. The highest BCUT2D eigenvalue weighted by Crippen LogP contribution is 2.25. The molecular weight excluding hydrogens is 258 g/mol. The maximum absolute atomic E-state index is 10.8. The van der Waals surface area contributed by atoms with Crippen LogP contribution in [0, 0.1) is 10.1 Å². The van der Waals surface area contributed by atoms with Crippen molar-refractivity contribution in [1.29, 1.82) is 0 Å². The van der Waals surface area contributed by atoms with Gasteiger partial charge in [0.2, 0.25) is 0 Å². The molecule has 0 saturated heterocycles. The van der Waals surface area contributed by atoms with Gasteiger partial charge < -0.3 is 15.0 Å². The molecule has 6 nitrogen and oxygen atoms in total. The molecule has 1 N–H and O–H groups in total. The lowest BCUT2D eigenvalue weighted by Gasteiger charge is -2.15. The molecule has 1 aliphatic rings. The fourth-order valence-corrected chi connectivity index (χ4v) is 2.15. The molecular formula is C14H21N3O3. The van der Waals surface area contributed by atoms with E-state index in [2.05, 4.69) is 17.3 Å². The lowest BCUT2D eigenvalue weighted by Crippen LogP contribution is -2.30. The van der Waals surface area contributed by atoms with E-state index in [1.165, 1.54) is 26.0 Å². The van der Waals surface area contributed by atoms with Gasteiger partial charge in [-0.3, -0.25) is 10.1 Å². The van der Waals surface area contributed by atoms with E-state index in [1.807, 2.05) is 6.07 Å². The minimum Gasteiger partial charge on any atom is -0.496 e. The first-order valence-corrected chi connectivity index (χ1v) is 6.83. The van der Waals surface area contributed by atoms with Crippen LogP contribution in [0.1, 0.15) is 18.4 Å². The zero-order valence-corrected chi connectivity index (χ0v) is 12.0. The summed E-state index contributed by atoms with van der Waals surface area (Å²) in [6.45, 7) is 2.48. The fourth-order valence-electron chi connectivity index (χ4n) is 2.15. The number of hydrogen-bond donors (Lipinski definition) is 1. The Labute approximate surface area is 118 Å². The molecule has 20 heavy (non-hydrogen) atoms. The third-order valence-corrected chi connectivity index (χ3v) is 3.54. The second-order valence-corrected chi connectivity index (χ2v) is 5.18. The lowest BCUT2D eigenvalue weighted by molar-refractivity contribution is -0.385. The number of nitrogens with zero attached hydrogens (tertiary/aromatic N) is 2. The normalized spacial score (nSPS) is 14.6. The Kier molecular flexibility index (Phi) is 4.92. The molecule has 0 atom stereocenters. The Bertz CT molecular complexity index is 475. The van der Waals surface area contributed by atoms with Gasteiger partial charge in [0.1, 0.15) is 5.75 Å². The van der Waals surface area contributed by atoms with Crippen LogP contribution in [0.2, 0.25) is 0 Å². The second-order valence-electron chi connectivity index (χ2n) is 5.18. The monoisotopic (exact) mass is 279 g/mol. The average molecular weight is 279 g/mol. The van der Waals surface area contributed by atoms with E-state index >= 15 is 0 Å². The molecule has 6 heteroatoms. The summed E-state index contributed by atoms with van der Waals surface area (Å²) in [7, 11) is 3.65.